The van der Waals surface area contributed by atoms with Crippen molar-refractivity contribution in [3.63, 3.8) is 0 Å². The second-order valence-electron chi connectivity index (χ2n) is 2.91. The summed E-state index contributed by atoms with van der Waals surface area (Å²) < 4.78 is 0. The number of nitrogens with zero attached hydrogens (tertiary/aromatic N) is 2. The van der Waals surface area contributed by atoms with Crippen LogP contribution in [0.5, 0.6) is 0 Å². The fourth-order valence-electron chi connectivity index (χ4n) is 1.09. The number of rotatable bonds is 2. The maximum absolute atomic E-state index is 10.6. The van der Waals surface area contributed by atoms with Gasteiger partial charge in [0, 0.05) is 11.6 Å². The van der Waals surface area contributed by atoms with Gasteiger partial charge >= 0.3 is 0 Å². The van der Waals surface area contributed by atoms with Crippen LogP contribution in [-0.2, 0) is 0 Å². The van der Waals surface area contributed by atoms with E-state index in [9.17, 15) is 10.1 Å². The van der Waals surface area contributed by atoms with Crippen molar-refractivity contribution in [3.05, 3.63) is 39.4 Å². The molecule has 0 aromatic heterocycles. The Hall–Kier alpha value is -1.93. The zero-order valence-corrected chi connectivity index (χ0v) is 7.60. The fraction of sp³-hybridized carbons (Fsp3) is 0.222. The lowest BCUT2D eigenvalue weighted by molar-refractivity contribution is -0.385. The van der Waals surface area contributed by atoms with Crippen LogP contribution in [0.4, 0.5) is 5.69 Å². The lowest BCUT2D eigenvalue weighted by atomic mass is 10.1. The van der Waals surface area contributed by atoms with Crippen LogP contribution in [0.25, 0.3) is 0 Å². The Bertz CT molecular complexity index is 409. The van der Waals surface area contributed by atoms with Crippen LogP contribution in [0.1, 0.15) is 17.2 Å². The Balaban J connectivity index is 3.21. The zero-order chi connectivity index (χ0) is 10.7. The minimum atomic E-state index is -0.811. The first-order valence-corrected chi connectivity index (χ1v) is 3.96. The number of hydrogen-bond donors (Lipinski definition) is 1. The number of hydrogen-bond acceptors (Lipinski definition) is 4. The predicted octanol–water partition coefficient (Wildman–Crippen LogP) is 1.43. The zero-order valence-electron chi connectivity index (χ0n) is 7.60. The number of nitro groups is 1. The first-order valence-electron chi connectivity index (χ1n) is 3.96. The standard InChI is InChI=1S/C9H9N3O2/c1-6-2-3-7(8(11)5-10)4-9(6)12(13)14/h2-4,8H,11H2,1H3/t8-/m0/s1. The van der Waals surface area contributed by atoms with Gasteiger partial charge in [0.15, 0.2) is 0 Å². The third-order valence-electron chi connectivity index (χ3n) is 1.93. The SMILES string of the molecule is Cc1ccc([C@@H](N)C#N)cc1[N+](=O)[O-]. The third-order valence-corrected chi connectivity index (χ3v) is 1.93. The molecular formula is C9H9N3O2. The highest BCUT2D eigenvalue weighted by Gasteiger charge is 2.13. The van der Waals surface area contributed by atoms with E-state index >= 15 is 0 Å². The van der Waals surface area contributed by atoms with Gasteiger partial charge in [-0.3, -0.25) is 10.1 Å². The van der Waals surface area contributed by atoms with Crippen LogP contribution in [-0.4, -0.2) is 4.92 Å². The number of nitriles is 1. The number of aryl methyl sites for hydroxylation is 1. The molecule has 0 aliphatic carbocycles. The molecule has 1 aromatic carbocycles. The van der Waals surface area contributed by atoms with Crippen LogP contribution >= 0.6 is 0 Å². The van der Waals surface area contributed by atoms with Crippen molar-refractivity contribution < 1.29 is 4.92 Å². The average molecular weight is 191 g/mol. The molecule has 0 heterocycles. The van der Waals surface area contributed by atoms with Crippen LogP contribution in [0.2, 0.25) is 0 Å². The van der Waals surface area contributed by atoms with Gasteiger partial charge in [-0.25, -0.2) is 0 Å². The maximum atomic E-state index is 10.6. The van der Waals surface area contributed by atoms with Crippen LogP contribution < -0.4 is 5.73 Å². The molecule has 0 radical (unpaired) electrons. The van der Waals surface area contributed by atoms with Gasteiger partial charge in [0.1, 0.15) is 6.04 Å². The van der Waals surface area contributed by atoms with Gasteiger partial charge in [-0.1, -0.05) is 12.1 Å². The topological polar surface area (TPSA) is 93.0 Å². The van der Waals surface area contributed by atoms with Crippen molar-refractivity contribution in [1.82, 2.24) is 0 Å². The monoisotopic (exact) mass is 191 g/mol. The lowest BCUT2D eigenvalue weighted by Gasteiger charge is -2.03. The van der Waals surface area contributed by atoms with Gasteiger partial charge in [-0.15, -0.1) is 0 Å². The van der Waals surface area contributed by atoms with Gasteiger partial charge < -0.3 is 5.73 Å². The Morgan fingerprint density at radius 2 is 2.29 bits per heavy atom. The van der Waals surface area contributed by atoms with Crippen molar-refractivity contribution in [2.45, 2.75) is 13.0 Å². The van der Waals surface area contributed by atoms with Gasteiger partial charge in [-0.2, -0.15) is 5.26 Å². The highest BCUT2D eigenvalue weighted by molar-refractivity contribution is 5.44. The molecule has 0 amide bonds. The summed E-state index contributed by atoms with van der Waals surface area (Å²) >= 11 is 0. The number of benzene rings is 1. The first kappa shape index (κ1) is 10.2. The Kier molecular flexibility index (Phi) is 2.79. The molecule has 1 aromatic rings. The molecule has 2 N–H and O–H groups in total. The summed E-state index contributed by atoms with van der Waals surface area (Å²) in [6.45, 7) is 1.64. The molecule has 14 heavy (non-hydrogen) atoms. The van der Waals surface area contributed by atoms with E-state index < -0.39 is 11.0 Å². The molecule has 0 aliphatic rings. The predicted molar refractivity (Wildman–Crippen MR) is 50.4 cm³/mol. The summed E-state index contributed by atoms with van der Waals surface area (Å²) in [4.78, 5) is 10.1. The number of nitro benzene ring substituents is 1. The summed E-state index contributed by atoms with van der Waals surface area (Å²) in [5.41, 5.74) is 6.45. The molecular weight excluding hydrogens is 182 g/mol. The highest BCUT2D eigenvalue weighted by atomic mass is 16.6. The Labute approximate surface area is 80.9 Å². The third kappa shape index (κ3) is 1.87. The van der Waals surface area contributed by atoms with Crippen molar-refractivity contribution in [2.24, 2.45) is 5.73 Å². The van der Waals surface area contributed by atoms with Crippen LogP contribution in [0, 0.1) is 28.4 Å². The molecule has 0 fully saturated rings. The molecule has 0 spiro atoms. The molecule has 5 heteroatoms. The molecule has 0 saturated carbocycles. The van der Waals surface area contributed by atoms with Gasteiger partial charge in [0.25, 0.3) is 5.69 Å². The summed E-state index contributed by atoms with van der Waals surface area (Å²) in [5, 5.41) is 19.1. The molecule has 1 rings (SSSR count). The first-order chi connectivity index (χ1) is 6.56. The fourth-order valence-corrected chi connectivity index (χ4v) is 1.09. The molecule has 0 aliphatic heterocycles. The van der Waals surface area contributed by atoms with Crippen molar-refractivity contribution in [3.8, 4) is 6.07 Å². The maximum Gasteiger partial charge on any atom is 0.272 e. The second-order valence-corrected chi connectivity index (χ2v) is 2.91. The number of nitrogens with two attached hydrogens (primary N) is 1. The van der Waals surface area contributed by atoms with Crippen LogP contribution in [0.15, 0.2) is 18.2 Å². The normalized spacial score (nSPS) is 11.8. The Morgan fingerprint density at radius 1 is 1.64 bits per heavy atom. The largest absolute Gasteiger partial charge is 0.312 e. The lowest BCUT2D eigenvalue weighted by Crippen LogP contribution is -2.07. The molecule has 5 nitrogen and oxygen atoms in total. The van der Waals surface area contributed by atoms with E-state index in [-0.39, 0.29) is 5.69 Å². The van der Waals surface area contributed by atoms with Crippen molar-refractivity contribution in [1.29, 1.82) is 5.26 Å². The summed E-state index contributed by atoms with van der Waals surface area (Å²) in [5.74, 6) is 0. The van der Waals surface area contributed by atoms with Crippen molar-refractivity contribution in [2.75, 3.05) is 0 Å². The second kappa shape index (κ2) is 3.85. The minimum absolute atomic E-state index is 0.00630. The highest BCUT2D eigenvalue weighted by Crippen LogP contribution is 2.21. The van der Waals surface area contributed by atoms with Gasteiger partial charge in [0.05, 0.1) is 11.0 Å². The van der Waals surface area contributed by atoms with E-state index in [4.69, 9.17) is 11.0 Å². The molecule has 1 atom stereocenters. The minimum Gasteiger partial charge on any atom is -0.312 e. The van der Waals surface area contributed by atoms with Gasteiger partial charge in [0.2, 0.25) is 0 Å². The van der Waals surface area contributed by atoms with E-state index in [1.807, 2.05) is 6.07 Å². The average Bonchev–Trinajstić information content (AvgIpc) is 2.17. The summed E-state index contributed by atoms with van der Waals surface area (Å²) in [6, 6.07) is 5.56. The van der Waals surface area contributed by atoms with E-state index in [0.717, 1.165) is 0 Å². The summed E-state index contributed by atoms with van der Waals surface area (Å²) in [7, 11) is 0. The van der Waals surface area contributed by atoms with E-state index in [1.54, 1.807) is 19.1 Å². The van der Waals surface area contributed by atoms with E-state index in [0.29, 0.717) is 11.1 Å². The van der Waals surface area contributed by atoms with E-state index in [2.05, 4.69) is 0 Å². The van der Waals surface area contributed by atoms with E-state index in [1.165, 1.54) is 6.07 Å². The molecule has 0 bridgehead atoms. The van der Waals surface area contributed by atoms with Crippen molar-refractivity contribution >= 4 is 5.69 Å². The quantitative estimate of drug-likeness (QED) is 0.565. The van der Waals surface area contributed by atoms with Crippen LogP contribution in [0.3, 0.4) is 0 Å². The Morgan fingerprint density at radius 3 is 2.79 bits per heavy atom. The van der Waals surface area contributed by atoms with Gasteiger partial charge in [-0.05, 0) is 12.5 Å². The molecule has 0 unspecified atom stereocenters. The molecule has 0 saturated heterocycles. The summed E-state index contributed by atoms with van der Waals surface area (Å²) in [6.07, 6.45) is 0. The molecule has 72 valence electrons. The smallest absolute Gasteiger partial charge is 0.272 e.